The number of hydrazone groups is 1. The molecule has 0 spiro atoms. The molecule has 23 heavy (non-hydrogen) atoms. The van der Waals surface area contributed by atoms with Crippen LogP contribution in [0.3, 0.4) is 0 Å². The summed E-state index contributed by atoms with van der Waals surface area (Å²) in [6.07, 6.45) is 3.92. The van der Waals surface area contributed by atoms with E-state index in [1.165, 1.54) is 0 Å². The standard InChI is InChI=1S/C18H21ClN2O2/c1-12(2)14-5-4-13(3)17(10-14)20-21-18(22)11-23-16-8-6-15(19)7-9-16/h4,6-9,14H,1,5,10-11H2,2-3H3,(H,21,22)/b20-17-/t14-/m1/s1. The van der Waals surface area contributed by atoms with E-state index < -0.39 is 0 Å². The molecule has 0 aliphatic heterocycles. The largest absolute Gasteiger partial charge is 0.484 e. The van der Waals surface area contributed by atoms with Crippen molar-refractivity contribution in [3.63, 3.8) is 0 Å². The van der Waals surface area contributed by atoms with Crippen LogP contribution in [0.4, 0.5) is 0 Å². The maximum absolute atomic E-state index is 11.8. The quantitative estimate of drug-likeness (QED) is 0.651. The van der Waals surface area contributed by atoms with Crippen LogP contribution in [0.15, 0.2) is 53.2 Å². The van der Waals surface area contributed by atoms with E-state index in [2.05, 4.69) is 23.2 Å². The first kappa shape index (κ1) is 17.3. The minimum atomic E-state index is -0.294. The molecule has 4 nitrogen and oxygen atoms in total. The van der Waals surface area contributed by atoms with E-state index in [0.29, 0.717) is 16.7 Å². The molecule has 0 heterocycles. The number of rotatable bonds is 5. The van der Waals surface area contributed by atoms with Crippen LogP contribution >= 0.6 is 11.6 Å². The average molecular weight is 333 g/mol. The fourth-order valence-corrected chi connectivity index (χ4v) is 2.39. The Morgan fingerprint density at radius 2 is 2.13 bits per heavy atom. The smallest absolute Gasteiger partial charge is 0.277 e. The average Bonchev–Trinajstić information content (AvgIpc) is 2.53. The SMILES string of the molecule is C=C(C)[C@@H]1CC=C(C)/C(=N\NC(=O)COc2ccc(Cl)cc2)C1. The lowest BCUT2D eigenvalue weighted by Crippen LogP contribution is -2.27. The van der Waals surface area contributed by atoms with Crippen molar-refractivity contribution in [2.24, 2.45) is 11.0 Å². The molecule has 1 atom stereocenters. The van der Waals surface area contributed by atoms with Crippen molar-refractivity contribution in [2.75, 3.05) is 6.61 Å². The van der Waals surface area contributed by atoms with Gasteiger partial charge in [0.25, 0.3) is 5.91 Å². The summed E-state index contributed by atoms with van der Waals surface area (Å²) in [5, 5.41) is 4.85. The number of nitrogens with zero attached hydrogens (tertiary/aromatic N) is 1. The Hall–Kier alpha value is -2.07. The van der Waals surface area contributed by atoms with Gasteiger partial charge in [0, 0.05) is 5.02 Å². The van der Waals surface area contributed by atoms with Crippen LogP contribution in [0, 0.1) is 5.92 Å². The second kappa shape index (κ2) is 7.97. The number of halogens is 1. The third kappa shape index (κ3) is 5.25. The molecule has 5 heteroatoms. The van der Waals surface area contributed by atoms with Gasteiger partial charge in [0.05, 0.1) is 5.71 Å². The lowest BCUT2D eigenvalue weighted by atomic mass is 9.85. The lowest BCUT2D eigenvalue weighted by Gasteiger charge is -2.22. The van der Waals surface area contributed by atoms with Gasteiger partial charge in [0.2, 0.25) is 0 Å². The number of carbonyl (C=O) groups excluding carboxylic acids is 1. The van der Waals surface area contributed by atoms with E-state index in [9.17, 15) is 4.79 Å². The van der Waals surface area contributed by atoms with Crippen LogP contribution in [0.25, 0.3) is 0 Å². The van der Waals surface area contributed by atoms with E-state index in [0.717, 1.165) is 29.7 Å². The molecule has 1 aliphatic rings. The van der Waals surface area contributed by atoms with Gasteiger partial charge in [-0.1, -0.05) is 29.8 Å². The molecule has 0 aromatic heterocycles. The van der Waals surface area contributed by atoms with Gasteiger partial charge >= 0.3 is 0 Å². The number of hydrogen-bond acceptors (Lipinski definition) is 3. The molecule has 122 valence electrons. The van der Waals surface area contributed by atoms with Gasteiger partial charge in [-0.25, -0.2) is 5.43 Å². The maximum Gasteiger partial charge on any atom is 0.277 e. The summed E-state index contributed by atoms with van der Waals surface area (Å²) in [7, 11) is 0. The van der Waals surface area contributed by atoms with Gasteiger partial charge in [0.15, 0.2) is 6.61 Å². The fraction of sp³-hybridized carbons (Fsp3) is 0.333. The Morgan fingerprint density at radius 1 is 1.43 bits per heavy atom. The van der Waals surface area contributed by atoms with Crippen molar-refractivity contribution in [1.82, 2.24) is 5.43 Å². The Morgan fingerprint density at radius 3 is 2.78 bits per heavy atom. The summed E-state index contributed by atoms with van der Waals surface area (Å²) in [4.78, 5) is 11.8. The van der Waals surface area contributed by atoms with Crippen molar-refractivity contribution in [3.8, 4) is 5.75 Å². The highest BCUT2D eigenvalue weighted by atomic mass is 35.5. The number of allylic oxidation sites excluding steroid dienone is 3. The molecule has 0 fully saturated rings. The van der Waals surface area contributed by atoms with Crippen LogP contribution < -0.4 is 10.2 Å². The second-order valence-electron chi connectivity index (χ2n) is 5.71. The predicted octanol–water partition coefficient (Wildman–Crippen LogP) is 4.12. The maximum atomic E-state index is 11.8. The van der Waals surface area contributed by atoms with Crippen molar-refractivity contribution in [2.45, 2.75) is 26.7 Å². The molecule has 2 rings (SSSR count). The number of hydrogen-bond donors (Lipinski definition) is 1. The van der Waals surface area contributed by atoms with Crippen LogP contribution in [0.5, 0.6) is 5.75 Å². The first-order chi connectivity index (χ1) is 11.0. The molecule has 0 saturated heterocycles. The van der Waals surface area contributed by atoms with Crippen LogP contribution in [-0.4, -0.2) is 18.2 Å². The highest BCUT2D eigenvalue weighted by molar-refractivity contribution is 6.30. The highest BCUT2D eigenvalue weighted by Gasteiger charge is 2.18. The summed E-state index contributed by atoms with van der Waals surface area (Å²) >= 11 is 5.79. The zero-order valence-electron chi connectivity index (χ0n) is 13.4. The number of ether oxygens (including phenoxy) is 1. The number of carbonyl (C=O) groups is 1. The molecular formula is C18H21ClN2O2. The Labute approximate surface area is 141 Å². The third-order valence-electron chi connectivity index (χ3n) is 3.80. The summed E-state index contributed by atoms with van der Waals surface area (Å²) < 4.78 is 5.38. The van der Waals surface area contributed by atoms with Crippen molar-refractivity contribution in [3.05, 3.63) is 53.1 Å². The molecule has 0 radical (unpaired) electrons. The second-order valence-corrected chi connectivity index (χ2v) is 6.14. The van der Waals surface area contributed by atoms with Crippen LogP contribution in [0.1, 0.15) is 26.7 Å². The lowest BCUT2D eigenvalue weighted by molar-refractivity contribution is -0.123. The molecule has 1 N–H and O–H groups in total. The zero-order valence-corrected chi connectivity index (χ0v) is 14.2. The topological polar surface area (TPSA) is 50.7 Å². The molecular weight excluding hydrogens is 312 g/mol. The molecule has 1 aliphatic carbocycles. The Balaban J connectivity index is 1.87. The van der Waals surface area contributed by atoms with Crippen molar-refractivity contribution < 1.29 is 9.53 Å². The first-order valence-corrected chi connectivity index (χ1v) is 7.90. The molecule has 0 unspecified atom stereocenters. The molecule has 1 amide bonds. The van der Waals surface area contributed by atoms with Crippen LogP contribution in [0.2, 0.25) is 5.02 Å². The van der Waals surface area contributed by atoms with Gasteiger partial charge in [-0.3, -0.25) is 4.79 Å². The third-order valence-corrected chi connectivity index (χ3v) is 4.05. The normalized spacial score (nSPS) is 19.2. The Kier molecular flexibility index (Phi) is 5.99. The zero-order chi connectivity index (χ0) is 16.8. The molecule has 0 saturated carbocycles. The molecule has 0 bridgehead atoms. The van der Waals surface area contributed by atoms with Gasteiger partial charge in [-0.2, -0.15) is 5.10 Å². The van der Waals surface area contributed by atoms with E-state index >= 15 is 0 Å². The van der Waals surface area contributed by atoms with Crippen LogP contribution in [-0.2, 0) is 4.79 Å². The number of benzene rings is 1. The molecule has 1 aromatic rings. The predicted molar refractivity (Wildman–Crippen MR) is 93.8 cm³/mol. The number of amides is 1. The number of nitrogens with one attached hydrogen (secondary N) is 1. The van der Waals surface area contributed by atoms with Gasteiger partial charge in [-0.15, -0.1) is 0 Å². The summed E-state index contributed by atoms with van der Waals surface area (Å²) in [5.74, 6) is 0.686. The fourth-order valence-electron chi connectivity index (χ4n) is 2.27. The van der Waals surface area contributed by atoms with E-state index in [1.54, 1.807) is 24.3 Å². The summed E-state index contributed by atoms with van der Waals surface area (Å²) in [6, 6.07) is 6.85. The van der Waals surface area contributed by atoms with E-state index in [1.807, 2.05) is 13.8 Å². The van der Waals surface area contributed by atoms with E-state index in [-0.39, 0.29) is 12.5 Å². The van der Waals surface area contributed by atoms with Gasteiger partial charge in [0.1, 0.15) is 5.75 Å². The minimum absolute atomic E-state index is 0.0922. The van der Waals surface area contributed by atoms with Crippen molar-refractivity contribution in [1.29, 1.82) is 0 Å². The first-order valence-electron chi connectivity index (χ1n) is 7.52. The van der Waals surface area contributed by atoms with E-state index in [4.69, 9.17) is 16.3 Å². The van der Waals surface area contributed by atoms with Gasteiger partial charge < -0.3 is 4.74 Å². The van der Waals surface area contributed by atoms with Crippen molar-refractivity contribution >= 4 is 23.2 Å². The Bertz CT molecular complexity index is 647. The summed E-state index contributed by atoms with van der Waals surface area (Å²) in [6.45, 7) is 7.94. The minimum Gasteiger partial charge on any atom is -0.484 e. The summed E-state index contributed by atoms with van der Waals surface area (Å²) in [5.41, 5.74) is 5.68. The monoisotopic (exact) mass is 332 g/mol. The molecule has 1 aromatic carbocycles. The highest BCUT2D eigenvalue weighted by Crippen LogP contribution is 2.26. The van der Waals surface area contributed by atoms with Gasteiger partial charge in [-0.05, 0) is 62.4 Å².